The summed E-state index contributed by atoms with van der Waals surface area (Å²) < 4.78 is 7.53. The Labute approximate surface area is 156 Å². The number of amides is 1. The number of ether oxygens (including phenoxy) is 1. The molecule has 0 aromatic carbocycles. The summed E-state index contributed by atoms with van der Waals surface area (Å²) in [6.07, 6.45) is 2.45. The van der Waals surface area contributed by atoms with Crippen LogP contribution < -0.4 is 16.6 Å². The molecular weight excluding hydrogens is 352 g/mol. The number of nitrogen functional groups attached to an aromatic ring is 1. The zero-order valence-corrected chi connectivity index (χ0v) is 15.5. The number of aliphatic hydroxyl groups excluding tert-OH is 1. The van der Waals surface area contributed by atoms with Crippen LogP contribution in [0.25, 0.3) is 11.2 Å². The predicted octanol–water partition coefficient (Wildman–Crippen LogP) is 0.293. The van der Waals surface area contributed by atoms with Gasteiger partial charge < -0.3 is 20.9 Å². The van der Waals surface area contributed by atoms with E-state index in [2.05, 4.69) is 20.3 Å². The third kappa shape index (κ3) is 3.81. The van der Waals surface area contributed by atoms with Crippen LogP contribution in [0, 0.1) is 5.92 Å². The Hall–Kier alpha value is -2.46. The number of nitrogens with two attached hydrogens (primary N) is 1. The van der Waals surface area contributed by atoms with E-state index in [1.165, 1.54) is 10.9 Å². The Morgan fingerprint density at radius 1 is 1.48 bits per heavy atom. The van der Waals surface area contributed by atoms with Crippen LogP contribution in [0.2, 0.25) is 0 Å². The van der Waals surface area contributed by atoms with Crippen LogP contribution in [-0.2, 0) is 9.53 Å². The van der Waals surface area contributed by atoms with Crippen LogP contribution in [0.5, 0.6) is 0 Å². The summed E-state index contributed by atoms with van der Waals surface area (Å²) in [4.78, 5) is 34.4. The number of nitrogens with one attached hydrogen (secondary N) is 2. The van der Waals surface area contributed by atoms with Crippen molar-refractivity contribution in [2.75, 3.05) is 12.3 Å². The number of fused-ring (bicyclic) bond motifs is 1. The van der Waals surface area contributed by atoms with Gasteiger partial charge in [-0.3, -0.25) is 19.1 Å². The van der Waals surface area contributed by atoms with E-state index >= 15 is 0 Å². The molecule has 1 amide bonds. The lowest BCUT2D eigenvalue weighted by Crippen LogP contribution is -2.38. The van der Waals surface area contributed by atoms with E-state index in [9.17, 15) is 14.7 Å². The van der Waals surface area contributed by atoms with Gasteiger partial charge in [-0.15, -0.1) is 0 Å². The van der Waals surface area contributed by atoms with Gasteiger partial charge in [-0.2, -0.15) is 4.98 Å². The van der Waals surface area contributed by atoms with Crippen molar-refractivity contribution in [1.29, 1.82) is 0 Å². The summed E-state index contributed by atoms with van der Waals surface area (Å²) in [6.45, 7) is 4.31. The molecule has 0 bridgehead atoms. The molecule has 3 rings (SSSR count). The lowest BCUT2D eigenvalue weighted by molar-refractivity contribution is -0.121. The standard InChI is InChI=1S/C17H26N6O4/c1-3-5-6-11(24)19-7-9-10(4-2)27-16(13(9)25)23-8-20-12-14(23)21-17(18)22-15(12)26/h8-10,13,16,25H,3-7H2,1-2H3,(H,19,24)(H3,18,21,22,26)/t9-,10-,13-,16-/m1/s1. The third-order valence-corrected chi connectivity index (χ3v) is 4.94. The van der Waals surface area contributed by atoms with Crippen LogP contribution in [-0.4, -0.2) is 49.3 Å². The number of hydrogen-bond acceptors (Lipinski definition) is 7. The van der Waals surface area contributed by atoms with Crippen molar-refractivity contribution in [1.82, 2.24) is 24.8 Å². The zero-order valence-electron chi connectivity index (χ0n) is 15.5. The first-order valence-electron chi connectivity index (χ1n) is 9.28. The average molecular weight is 378 g/mol. The molecule has 1 saturated heterocycles. The molecule has 10 nitrogen and oxygen atoms in total. The van der Waals surface area contributed by atoms with Gasteiger partial charge in [0.15, 0.2) is 17.4 Å². The van der Waals surface area contributed by atoms with Crippen LogP contribution in [0.4, 0.5) is 5.95 Å². The van der Waals surface area contributed by atoms with Crippen LogP contribution >= 0.6 is 0 Å². The maximum atomic E-state index is 12.0. The van der Waals surface area contributed by atoms with Gasteiger partial charge in [-0.05, 0) is 12.8 Å². The molecule has 27 heavy (non-hydrogen) atoms. The lowest BCUT2D eigenvalue weighted by Gasteiger charge is -2.20. The van der Waals surface area contributed by atoms with E-state index in [1.54, 1.807) is 0 Å². The SMILES string of the molecule is CCCCC(=O)NC[C@H]1[C@@H](O)[C@H](n2cnc3c(=O)[nH]c(N)nc32)O[C@@H]1CC. The fraction of sp³-hybridized carbons (Fsp3) is 0.647. The largest absolute Gasteiger partial charge is 0.388 e. The molecule has 0 radical (unpaired) electrons. The van der Waals surface area contributed by atoms with Crippen molar-refractivity contribution in [3.05, 3.63) is 16.7 Å². The number of carbonyl (C=O) groups excluding carboxylic acids is 1. The van der Waals surface area contributed by atoms with E-state index in [-0.39, 0.29) is 35.0 Å². The van der Waals surface area contributed by atoms with E-state index in [4.69, 9.17) is 10.5 Å². The molecule has 0 spiro atoms. The fourth-order valence-corrected chi connectivity index (χ4v) is 3.46. The quantitative estimate of drug-likeness (QED) is 0.541. The molecule has 10 heteroatoms. The Bertz CT molecular complexity index is 863. The van der Waals surface area contributed by atoms with Crippen molar-refractivity contribution in [2.24, 2.45) is 5.92 Å². The van der Waals surface area contributed by atoms with Crippen LogP contribution in [0.15, 0.2) is 11.1 Å². The van der Waals surface area contributed by atoms with Crippen molar-refractivity contribution in [3.8, 4) is 0 Å². The van der Waals surface area contributed by atoms with Crippen molar-refractivity contribution in [3.63, 3.8) is 0 Å². The average Bonchev–Trinajstić information content (AvgIpc) is 3.19. The number of anilines is 1. The van der Waals surface area contributed by atoms with Gasteiger partial charge in [0.1, 0.15) is 6.10 Å². The predicted molar refractivity (Wildman–Crippen MR) is 98.8 cm³/mol. The lowest BCUT2D eigenvalue weighted by atomic mass is 9.96. The minimum atomic E-state index is -0.888. The summed E-state index contributed by atoms with van der Waals surface area (Å²) in [5.41, 5.74) is 5.56. The molecule has 2 aromatic heterocycles. The second-order valence-electron chi connectivity index (χ2n) is 6.81. The molecule has 5 N–H and O–H groups in total. The van der Waals surface area contributed by atoms with Crippen LogP contribution in [0.3, 0.4) is 0 Å². The highest BCUT2D eigenvalue weighted by Crippen LogP contribution is 2.36. The first-order valence-corrected chi connectivity index (χ1v) is 9.28. The summed E-state index contributed by atoms with van der Waals surface area (Å²) in [6, 6.07) is 0. The monoisotopic (exact) mass is 378 g/mol. The number of carbonyl (C=O) groups is 1. The molecule has 1 aliphatic heterocycles. The fourth-order valence-electron chi connectivity index (χ4n) is 3.46. The number of aromatic nitrogens is 4. The topological polar surface area (TPSA) is 148 Å². The zero-order chi connectivity index (χ0) is 19.6. The highest BCUT2D eigenvalue weighted by atomic mass is 16.5. The molecule has 0 aliphatic carbocycles. The molecule has 0 saturated carbocycles. The molecule has 3 heterocycles. The minimum Gasteiger partial charge on any atom is -0.388 e. The number of imidazole rings is 1. The molecule has 148 valence electrons. The van der Waals surface area contributed by atoms with E-state index in [0.717, 1.165) is 12.8 Å². The van der Waals surface area contributed by atoms with Gasteiger partial charge in [-0.1, -0.05) is 20.3 Å². The van der Waals surface area contributed by atoms with E-state index in [0.29, 0.717) is 19.4 Å². The molecule has 1 fully saturated rings. The van der Waals surface area contributed by atoms with Crippen molar-refractivity contribution in [2.45, 2.75) is 58.0 Å². The van der Waals surface area contributed by atoms with Crippen molar-refractivity contribution < 1.29 is 14.6 Å². The number of nitrogens with zero attached hydrogens (tertiary/aromatic N) is 3. The summed E-state index contributed by atoms with van der Waals surface area (Å²) in [5, 5.41) is 13.7. The van der Waals surface area contributed by atoms with Crippen molar-refractivity contribution >= 4 is 23.0 Å². The highest BCUT2D eigenvalue weighted by molar-refractivity contribution is 5.75. The number of aromatic amines is 1. The second kappa shape index (κ2) is 8.05. The summed E-state index contributed by atoms with van der Waals surface area (Å²) >= 11 is 0. The Morgan fingerprint density at radius 2 is 2.26 bits per heavy atom. The van der Waals surface area contributed by atoms with Crippen LogP contribution in [0.1, 0.15) is 45.8 Å². The number of unbranched alkanes of at least 4 members (excludes halogenated alkanes) is 1. The molecule has 4 atom stereocenters. The van der Waals surface area contributed by atoms with Gasteiger partial charge >= 0.3 is 0 Å². The van der Waals surface area contributed by atoms with Gasteiger partial charge in [0, 0.05) is 18.9 Å². The molecular formula is C17H26N6O4. The number of rotatable bonds is 7. The third-order valence-electron chi connectivity index (χ3n) is 4.94. The molecule has 2 aromatic rings. The van der Waals surface area contributed by atoms with E-state index in [1.807, 2.05) is 13.8 Å². The normalized spacial score (nSPS) is 25.1. The molecule has 0 unspecified atom stereocenters. The highest BCUT2D eigenvalue weighted by Gasteiger charge is 2.44. The molecule has 1 aliphatic rings. The first-order chi connectivity index (χ1) is 13.0. The Kier molecular flexibility index (Phi) is 5.76. The second-order valence-corrected chi connectivity index (χ2v) is 6.81. The van der Waals surface area contributed by atoms with Gasteiger partial charge in [0.05, 0.1) is 12.4 Å². The Balaban J connectivity index is 1.80. The maximum Gasteiger partial charge on any atom is 0.280 e. The number of H-pyrrole nitrogens is 1. The minimum absolute atomic E-state index is 0.0311. The maximum absolute atomic E-state index is 12.0. The Morgan fingerprint density at radius 3 is 2.96 bits per heavy atom. The van der Waals surface area contributed by atoms with E-state index < -0.39 is 17.9 Å². The summed E-state index contributed by atoms with van der Waals surface area (Å²) in [7, 11) is 0. The van der Waals surface area contributed by atoms with Gasteiger partial charge in [0.2, 0.25) is 11.9 Å². The number of hydrogen-bond donors (Lipinski definition) is 4. The summed E-state index contributed by atoms with van der Waals surface area (Å²) in [5.74, 6) is -0.340. The number of aliphatic hydroxyl groups is 1. The first kappa shape index (κ1) is 19.3. The van der Waals surface area contributed by atoms with Gasteiger partial charge in [0.25, 0.3) is 5.56 Å². The van der Waals surface area contributed by atoms with Gasteiger partial charge in [-0.25, -0.2) is 4.98 Å². The smallest absolute Gasteiger partial charge is 0.280 e.